The molecule has 25 heavy (non-hydrogen) atoms. The molecule has 0 bridgehead atoms. The van der Waals surface area contributed by atoms with Crippen molar-refractivity contribution in [3.8, 4) is 0 Å². The number of fused-ring (bicyclic) bond motifs is 1. The molecule has 2 aromatic rings. The Morgan fingerprint density at radius 3 is 2.12 bits per heavy atom. The lowest BCUT2D eigenvalue weighted by molar-refractivity contribution is -0.142. The summed E-state index contributed by atoms with van der Waals surface area (Å²) in [4.78, 5) is 38.4. The van der Waals surface area contributed by atoms with Crippen LogP contribution < -0.4 is 0 Å². The average molecular weight is 355 g/mol. The number of amides is 2. The number of thioether (sulfide) groups is 1. The molecular formula is C19H17NO4S. The van der Waals surface area contributed by atoms with Gasteiger partial charge in [-0.2, -0.15) is 0 Å². The molecule has 1 aliphatic heterocycles. The van der Waals surface area contributed by atoms with Crippen LogP contribution in [0, 0.1) is 6.92 Å². The van der Waals surface area contributed by atoms with E-state index in [1.165, 1.54) is 18.7 Å². The van der Waals surface area contributed by atoms with E-state index < -0.39 is 11.4 Å². The Morgan fingerprint density at radius 1 is 1.04 bits per heavy atom. The summed E-state index contributed by atoms with van der Waals surface area (Å²) in [5.74, 6) is -1.18. The minimum atomic E-state index is -0.664. The molecule has 0 aromatic heterocycles. The SMILES string of the molecule is CC(=O)OC(CN1C(=O)c2ccccc2C1=O)Sc1ccc(C)cc1. The van der Waals surface area contributed by atoms with E-state index in [0.29, 0.717) is 11.1 Å². The first kappa shape index (κ1) is 17.2. The standard InChI is InChI=1S/C19H17NO4S/c1-12-7-9-14(10-8-12)25-17(24-13(2)21)11-20-18(22)15-5-3-4-6-16(15)19(20)23/h3-10,17H,11H2,1-2H3. The summed E-state index contributed by atoms with van der Waals surface area (Å²) in [5, 5.41) is 0. The van der Waals surface area contributed by atoms with E-state index in [9.17, 15) is 14.4 Å². The Hall–Kier alpha value is -2.60. The third-order valence-electron chi connectivity index (χ3n) is 3.80. The first-order valence-corrected chi connectivity index (χ1v) is 8.69. The largest absolute Gasteiger partial charge is 0.449 e. The molecule has 1 atom stereocenters. The third kappa shape index (κ3) is 3.74. The smallest absolute Gasteiger partial charge is 0.303 e. The first-order valence-electron chi connectivity index (χ1n) is 7.81. The van der Waals surface area contributed by atoms with Gasteiger partial charge in [0.1, 0.15) is 0 Å². The van der Waals surface area contributed by atoms with E-state index in [1.807, 2.05) is 31.2 Å². The third-order valence-corrected chi connectivity index (χ3v) is 4.85. The van der Waals surface area contributed by atoms with Crippen LogP contribution in [-0.2, 0) is 9.53 Å². The van der Waals surface area contributed by atoms with Crippen molar-refractivity contribution in [1.82, 2.24) is 4.90 Å². The molecule has 0 spiro atoms. The predicted octanol–water partition coefficient (Wildman–Crippen LogP) is 3.27. The van der Waals surface area contributed by atoms with Gasteiger partial charge in [-0.05, 0) is 31.2 Å². The van der Waals surface area contributed by atoms with Gasteiger partial charge in [0.25, 0.3) is 11.8 Å². The van der Waals surface area contributed by atoms with Gasteiger partial charge >= 0.3 is 5.97 Å². The van der Waals surface area contributed by atoms with Gasteiger partial charge in [-0.25, -0.2) is 0 Å². The fraction of sp³-hybridized carbons (Fsp3) is 0.211. The molecule has 6 heteroatoms. The highest BCUT2D eigenvalue weighted by Gasteiger charge is 2.37. The quantitative estimate of drug-likeness (QED) is 0.356. The minimum Gasteiger partial charge on any atom is -0.449 e. The normalized spacial score (nSPS) is 14.4. The van der Waals surface area contributed by atoms with Crippen molar-refractivity contribution in [3.05, 3.63) is 65.2 Å². The van der Waals surface area contributed by atoms with Gasteiger partial charge in [-0.15, -0.1) is 0 Å². The molecule has 1 aliphatic rings. The summed E-state index contributed by atoms with van der Waals surface area (Å²) in [6.07, 6.45) is 0. The van der Waals surface area contributed by atoms with Gasteiger partial charge in [0.2, 0.25) is 0 Å². The molecule has 5 nitrogen and oxygen atoms in total. The van der Waals surface area contributed by atoms with Crippen LogP contribution in [-0.4, -0.2) is 34.7 Å². The number of rotatable bonds is 5. The molecule has 3 rings (SSSR count). The highest BCUT2D eigenvalue weighted by Crippen LogP contribution is 2.29. The Bertz CT molecular complexity index is 797. The van der Waals surface area contributed by atoms with Crippen LogP contribution in [0.5, 0.6) is 0 Å². The maximum atomic E-state index is 12.5. The van der Waals surface area contributed by atoms with Gasteiger partial charge < -0.3 is 4.74 Å². The lowest BCUT2D eigenvalue weighted by Gasteiger charge is -2.22. The molecule has 0 radical (unpaired) electrons. The lowest BCUT2D eigenvalue weighted by atomic mass is 10.1. The van der Waals surface area contributed by atoms with Crippen molar-refractivity contribution in [2.24, 2.45) is 0 Å². The Balaban J connectivity index is 1.79. The monoisotopic (exact) mass is 355 g/mol. The van der Waals surface area contributed by atoms with Crippen LogP contribution in [0.4, 0.5) is 0 Å². The second kappa shape index (κ2) is 7.11. The molecule has 0 N–H and O–H groups in total. The van der Waals surface area contributed by atoms with Gasteiger partial charge in [0.05, 0.1) is 17.7 Å². The number of hydrogen-bond donors (Lipinski definition) is 0. The number of ether oxygens (including phenoxy) is 1. The zero-order chi connectivity index (χ0) is 18.0. The summed E-state index contributed by atoms with van der Waals surface area (Å²) in [7, 11) is 0. The fourth-order valence-electron chi connectivity index (χ4n) is 2.61. The molecule has 0 saturated carbocycles. The van der Waals surface area contributed by atoms with Crippen molar-refractivity contribution >= 4 is 29.5 Å². The lowest BCUT2D eigenvalue weighted by Crippen LogP contribution is -2.37. The first-order chi connectivity index (χ1) is 12.0. The molecule has 0 fully saturated rings. The second-order valence-corrected chi connectivity index (χ2v) is 6.97. The zero-order valence-corrected chi connectivity index (χ0v) is 14.7. The van der Waals surface area contributed by atoms with Crippen molar-refractivity contribution in [3.63, 3.8) is 0 Å². The number of carbonyl (C=O) groups is 3. The Morgan fingerprint density at radius 2 is 1.60 bits per heavy atom. The zero-order valence-electron chi connectivity index (χ0n) is 13.9. The summed E-state index contributed by atoms with van der Waals surface area (Å²) in [5.41, 5.74) is 1.22. The van der Waals surface area contributed by atoms with E-state index in [-0.39, 0.29) is 18.4 Å². The molecule has 0 aliphatic carbocycles. The van der Waals surface area contributed by atoms with Gasteiger partial charge in [0.15, 0.2) is 5.44 Å². The number of imide groups is 1. The molecule has 1 unspecified atom stereocenters. The summed E-state index contributed by atoms with van der Waals surface area (Å²) >= 11 is 1.31. The molecule has 2 amide bonds. The number of benzene rings is 2. The Labute approximate surface area is 150 Å². The topological polar surface area (TPSA) is 63.7 Å². The van der Waals surface area contributed by atoms with Gasteiger partial charge in [-0.3, -0.25) is 19.3 Å². The van der Waals surface area contributed by atoms with Crippen LogP contribution in [0.1, 0.15) is 33.2 Å². The molecule has 1 heterocycles. The van der Waals surface area contributed by atoms with Crippen LogP contribution in [0.25, 0.3) is 0 Å². The summed E-state index contributed by atoms with van der Waals surface area (Å²) < 4.78 is 5.32. The van der Waals surface area contributed by atoms with E-state index in [0.717, 1.165) is 15.4 Å². The van der Waals surface area contributed by atoms with Gasteiger partial charge in [0, 0.05) is 11.8 Å². The van der Waals surface area contributed by atoms with E-state index in [1.54, 1.807) is 24.3 Å². The van der Waals surface area contributed by atoms with E-state index in [2.05, 4.69) is 0 Å². The van der Waals surface area contributed by atoms with Crippen LogP contribution in [0.3, 0.4) is 0 Å². The predicted molar refractivity (Wildman–Crippen MR) is 94.4 cm³/mol. The van der Waals surface area contributed by atoms with Gasteiger partial charge in [-0.1, -0.05) is 41.6 Å². The Kier molecular flexibility index (Phi) is 4.90. The average Bonchev–Trinajstić information content (AvgIpc) is 2.82. The van der Waals surface area contributed by atoms with Crippen molar-refractivity contribution in [2.75, 3.05) is 6.54 Å². The van der Waals surface area contributed by atoms with Crippen LogP contribution in [0.15, 0.2) is 53.4 Å². The molecule has 2 aromatic carbocycles. The molecular weight excluding hydrogens is 338 g/mol. The number of carbonyl (C=O) groups excluding carboxylic acids is 3. The van der Waals surface area contributed by atoms with Crippen LogP contribution in [0.2, 0.25) is 0 Å². The highest BCUT2D eigenvalue weighted by molar-refractivity contribution is 7.99. The summed E-state index contributed by atoms with van der Waals surface area (Å²) in [6, 6.07) is 14.4. The van der Waals surface area contributed by atoms with Crippen LogP contribution >= 0.6 is 11.8 Å². The number of aryl methyl sites for hydroxylation is 1. The molecule has 0 saturated heterocycles. The second-order valence-electron chi connectivity index (χ2n) is 5.74. The number of hydrogen-bond acceptors (Lipinski definition) is 5. The minimum absolute atomic E-state index is 0.00443. The number of nitrogens with zero attached hydrogens (tertiary/aromatic N) is 1. The maximum absolute atomic E-state index is 12.5. The van der Waals surface area contributed by atoms with E-state index >= 15 is 0 Å². The van der Waals surface area contributed by atoms with Crippen molar-refractivity contribution in [1.29, 1.82) is 0 Å². The maximum Gasteiger partial charge on any atom is 0.303 e. The molecule has 128 valence electrons. The summed E-state index contributed by atoms with van der Waals surface area (Å²) in [6.45, 7) is 3.30. The van der Waals surface area contributed by atoms with Crippen molar-refractivity contribution < 1.29 is 19.1 Å². The van der Waals surface area contributed by atoms with Crippen molar-refractivity contribution in [2.45, 2.75) is 24.2 Å². The fourth-order valence-corrected chi connectivity index (χ4v) is 3.61. The van der Waals surface area contributed by atoms with E-state index in [4.69, 9.17) is 4.74 Å². The highest BCUT2D eigenvalue weighted by atomic mass is 32.2. The number of esters is 1.